The summed E-state index contributed by atoms with van der Waals surface area (Å²) in [5.74, 6) is 0.754. The summed E-state index contributed by atoms with van der Waals surface area (Å²) in [5.41, 5.74) is 0.789. The second-order valence-corrected chi connectivity index (χ2v) is 5.51. The van der Waals surface area contributed by atoms with Gasteiger partial charge in [-0.15, -0.1) is 8.78 Å². The normalized spacial score (nSPS) is 16.6. The van der Waals surface area contributed by atoms with E-state index in [1.807, 2.05) is 19.1 Å². The van der Waals surface area contributed by atoms with Crippen LogP contribution in [0.25, 0.3) is 0 Å². The number of alkyl halides is 2. The molecule has 4 nitrogen and oxygen atoms in total. The molecule has 2 heterocycles. The summed E-state index contributed by atoms with van der Waals surface area (Å²) in [6.45, 7) is 1.90. The molecule has 1 aromatic heterocycles. The molecule has 0 bridgehead atoms. The van der Waals surface area contributed by atoms with Crippen molar-refractivity contribution in [1.82, 2.24) is 4.98 Å². The molecule has 1 aliphatic heterocycles. The van der Waals surface area contributed by atoms with E-state index >= 15 is 0 Å². The summed E-state index contributed by atoms with van der Waals surface area (Å²) >= 11 is 3.36. The quantitative estimate of drug-likeness (QED) is 0.888. The van der Waals surface area contributed by atoms with Crippen molar-refractivity contribution in [3.05, 3.63) is 46.6 Å². The summed E-state index contributed by atoms with van der Waals surface area (Å²) in [7, 11) is 0. The zero-order valence-corrected chi connectivity index (χ0v) is 12.5. The topological polar surface area (TPSA) is 43.4 Å². The van der Waals surface area contributed by atoms with Crippen LogP contribution in [0.4, 0.5) is 14.6 Å². The van der Waals surface area contributed by atoms with Gasteiger partial charge in [0.25, 0.3) is 0 Å². The summed E-state index contributed by atoms with van der Waals surface area (Å²) in [6, 6.07) is 8.23. The number of hydrogen-bond acceptors (Lipinski definition) is 4. The maximum Gasteiger partial charge on any atom is 0.586 e. The van der Waals surface area contributed by atoms with E-state index in [0.717, 1.165) is 10.0 Å². The fourth-order valence-electron chi connectivity index (χ4n) is 2.02. The van der Waals surface area contributed by atoms with Crippen LogP contribution < -0.4 is 14.8 Å². The molecule has 1 aromatic carbocycles. The van der Waals surface area contributed by atoms with E-state index in [4.69, 9.17) is 0 Å². The summed E-state index contributed by atoms with van der Waals surface area (Å²) in [5, 5.41) is 3.19. The average molecular weight is 357 g/mol. The van der Waals surface area contributed by atoms with Crippen LogP contribution in [0.5, 0.6) is 11.5 Å². The van der Waals surface area contributed by atoms with Gasteiger partial charge in [-0.2, -0.15) is 0 Å². The van der Waals surface area contributed by atoms with Crippen LogP contribution in [0, 0.1) is 0 Å². The molecular weight excluding hydrogens is 346 g/mol. The molecule has 0 saturated carbocycles. The third kappa shape index (κ3) is 3.07. The third-order valence-electron chi connectivity index (χ3n) is 3.01. The molecule has 1 unspecified atom stereocenters. The Morgan fingerprint density at radius 1 is 1.19 bits per heavy atom. The molecule has 1 atom stereocenters. The first-order chi connectivity index (χ1) is 9.93. The molecule has 1 aliphatic rings. The molecule has 3 rings (SSSR count). The van der Waals surface area contributed by atoms with Gasteiger partial charge >= 0.3 is 6.29 Å². The molecule has 0 aliphatic carbocycles. The highest BCUT2D eigenvalue weighted by atomic mass is 79.9. The van der Waals surface area contributed by atoms with Crippen LogP contribution in [-0.4, -0.2) is 11.3 Å². The minimum absolute atomic E-state index is 0.0355. The van der Waals surface area contributed by atoms with Gasteiger partial charge < -0.3 is 14.8 Å². The van der Waals surface area contributed by atoms with E-state index in [0.29, 0.717) is 5.82 Å². The number of ether oxygens (including phenoxy) is 2. The lowest BCUT2D eigenvalue weighted by Crippen LogP contribution is -2.25. The summed E-state index contributed by atoms with van der Waals surface area (Å²) in [6.07, 6.45) is -1.93. The van der Waals surface area contributed by atoms with Crippen LogP contribution >= 0.6 is 15.9 Å². The van der Waals surface area contributed by atoms with Crippen molar-refractivity contribution in [2.24, 2.45) is 0 Å². The predicted molar refractivity (Wildman–Crippen MR) is 76.6 cm³/mol. The Kier molecular flexibility index (Phi) is 3.44. The minimum Gasteiger partial charge on any atom is -0.395 e. The van der Waals surface area contributed by atoms with E-state index in [2.05, 4.69) is 35.7 Å². The first-order valence-electron chi connectivity index (χ1n) is 6.21. The van der Waals surface area contributed by atoms with Crippen LogP contribution in [0.15, 0.2) is 41.0 Å². The Morgan fingerprint density at radius 3 is 2.71 bits per heavy atom. The van der Waals surface area contributed by atoms with E-state index in [1.165, 1.54) is 12.1 Å². The van der Waals surface area contributed by atoms with Crippen LogP contribution in [0.1, 0.15) is 18.5 Å². The predicted octanol–water partition coefficient (Wildman–Crippen LogP) is 4.34. The van der Waals surface area contributed by atoms with Gasteiger partial charge in [0.2, 0.25) is 0 Å². The van der Waals surface area contributed by atoms with Crippen LogP contribution in [-0.2, 0) is 0 Å². The smallest absolute Gasteiger partial charge is 0.395 e. The molecule has 110 valence electrons. The monoisotopic (exact) mass is 356 g/mol. The number of fused-ring (bicyclic) bond motifs is 1. The molecule has 2 aromatic rings. The maximum absolute atomic E-state index is 13.0. The van der Waals surface area contributed by atoms with Crippen molar-refractivity contribution >= 4 is 21.7 Å². The lowest BCUT2D eigenvalue weighted by molar-refractivity contribution is -0.286. The number of halogens is 3. The van der Waals surface area contributed by atoms with Crippen molar-refractivity contribution in [2.45, 2.75) is 19.3 Å². The van der Waals surface area contributed by atoms with E-state index < -0.39 is 6.29 Å². The molecule has 1 N–H and O–H groups in total. The largest absolute Gasteiger partial charge is 0.586 e. The SMILES string of the molecule is CC(Nc1cc(Br)ccn1)c1ccc2c(c1)OC(F)(F)O2. The molecule has 0 fully saturated rings. The van der Waals surface area contributed by atoms with Gasteiger partial charge in [0, 0.05) is 10.7 Å². The van der Waals surface area contributed by atoms with E-state index in [9.17, 15) is 8.78 Å². The standard InChI is InChI=1S/C14H11BrF2N2O2/c1-8(19-13-7-10(15)4-5-18-13)9-2-3-11-12(6-9)21-14(16,17)20-11/h2-8H,1H3,(H,18,19). The number of benzene rings is 1. The van der Waals surface area contributed by atoms with Gasteiger partial charge in [0.15, 0.2) is 11.5 Å². The number of nitrogens with zero attached hydrogens (tertiary/aromatic N) is 1. The van der Waals surface area contributed by atoms with E-state index in [-0.39, 0.29) is 17.5 Å². The number of hydrogen-bond donors (Lipinski definition) is 1. The summed E-state index contributed by atoms with van der Waals surface area (Å²) in [4.78, 5) is 4.18. The van der Waals surface area contributed by atoms with Crippen molar-refractivity contribution in [3.8, 4) is 11.5 Å². The molecule has 21 heavy (non-hydrogen) atoms. The number of nitrogens with one attached hydrogen (secondary N) is 1. The first-order valence-corrected chi connectivity index (χ1v) is 7.00. The molecule has 0 radical (unpaired) electrons. The van der Waals surface area contributed by atoms with Crippen molar-refractivity contribution < 1.29 is 18.3 Å². The van der Waals surface area contributed by atoms with Gasteiger partial charge in [-0.25, -0.2) is 4.98 Å². The van der Waals surface area contributed by atoms with Crippen LogP contribution in [0.3, 0.4) is 0 Å². The van der Waals surface area contributed by atoms with Crippen molar-refractivity contribution in [3.63, 3.8) is 0 Å². The number of pyridine rings is 1. The van der Waals surface area contributed by atoms with Crippen molar-refractivity contribution in [1.29, 1.82) is 0 Å². The Hall–Kier alpha value is -1.89. The Morgan fingerprint density at radius 2 is 1.95 bits per heavy atom. The van der Waals surface area contributed by atoms with Crippen LogP contribution in [0.2, 0.25) is 0 Å². The Bertz CT molecular complexity index is 682. The highest BCUT2D eigenvalue weighted by Gasteiger charge is 2.43. The highest BCUT2D eigenvalue weighted by Crippen LogP contribution is 2.42. The molecule has 0 saturated heterocycles. The van der Waals surface area contributed by atoms with Gasteiger partial charge in [-0.3, -0.25) is 0 Å². The summed E-state index contributed by atoms with van der Waals surface area (Å²) < 4.78 is 35.7. The fraction of sp³-hybridized carbons (Fsp3) is 0.214. The second kappa shape index (κ2) is 5.14. The maximum atomic E-state index is 13.0. The molecule has 0 amide bonds. The van der Waals surface area contributed by atoms with Gasteiger partial charge in [0.1, 0.15) is 5.82 Å². The lowest BCUT2D eigenvalue weighted by atomic mass is 10.1. The second-order valence-electron chi connectivity index (χ2n) is 4.60. The highest BCUT2D eigenvalue weighted by molar-refractivity contribution is 9.10. The van der Waals surface area contributed by atoms with Gasteiger partial charge in [-0.1, -0.05) is 22.0 Å². The van der Waals surface area contributed by atoms with Gasteiger partial charge in [0.05, 0.1) is 6.04 Å². The van der Waals surface area contributed by atoms with E-state index in [1.54, 1.807) is 12.3 Å². The molecular formula is C14H11BrF2N2O2. The van der Waals surface area contributed by atoms with Gasteiger partial charge in [-0.05, 0) is 36.8 Å². The Balaban J connectivity index is 1.79. The molecule has 0 spiro atoms. The third-order valence-corrected chi connectivity index (χ3v) is 3.50. The number of aromatic nitrogens is 1. The first kappa shape index (κ1) is 14.1. The zero-order chi connectivity index (χ0) is 15.0. The number of anilines is 1. The Labute approximate surface area is 128 Å². The average Bonchev–Trinajstić information content (AvgIpc) is 2.71. The fourth-order valence-corrected chi connectivity index (χ4v) is 2.36. The zero-order valence-electron chi connectivity index (χ0n) is 10.9. The lowest BCUT2D eigenvalue weighted by Gasteiger charge is -2.15. The number of rotatable bonds is 3. The molecule has 7 heteroatoms. The minimum atomic E-state index is -3.59. The van der Waals surface area contributed by atoms with Crippen molar-refractivity contribution in [2.75, 3.05) is 5.32 Å².